The number of para-hydroxylation sites is 1. The predicted octanol–water partition coefficient (Wildman–Crippen LogP) is 9.09. The highest BCUT2D eigenvalue weighted by Crippen LogP contribution is 2.47. The van der Waals surface area contributed by atoms with Crippen LogP contribution in [0.25, 0.3) is 66.9 Å². The lowest BCUT2D eigenvalue weighted by molar-refractivity contribution is 0.247. The normalized spacial score (nSPS) is 14.7. The number of aromatic amines is 3. The van der Waals surface area contributed by atoms with E-state index in [2.05, 4.69) is 101 Å². The summed E-state index contributed by atoms with van der Waals surface area (Å²) in [5, 5.41) is 36.3. The van der Waals surface area contributed by atoms with Crippen molar-refractivity contribution >= 4 is 97.3 Å². The van der Waals surface area contributed by atoms with Crippen LogP contribution in [0, 0.1) is 17.5 Å². The quantitative estimate of drug-likeness (QED) is 0.0253. The minimum atomic E-state index is -0.702. The molecule has 29 nitrogen and oxygen atoms in total. The number of rotatable bonds is 20. The third-order valence-corrected chi connectivity index (χ3v) is 17.5. The molecule has 8 aromatic heterocycles. The lowest BCUT2D eigenvalue weighted by Gasteiger charge is -2.29. The van der Waals surface area contributed by atoms with Crippen LogP contribution in [-0.4, -0.2) is 132 Å². The van der Waals surface area contributed by atoms with Crippen LogP contribution in [-0.2, 0) is 13.0 Å². The lowest BCUT2D eigenvalue weighted by atomic mass is 10.0. The first-order valence-electron chi connectivity index (χ1n) is 31.9. The topological polar surface area (TPSA) is 379 Å². The Morgan fingerprint density at radius 1 is 0.610 bits per heavy atom. The van der Waals surface area contributed by atoms with Gasteiger partial charge in [-0.25, -0.2) is 28.1 Å². The maximum absolute atomic E-state index is 15.5. The Balaban J connectivity index is 0.000000150. The Labute approximate surface area is 579 Å². The van der Waals surface area contributed by atoms with E-state index in [0.717, 1.165) is 56.7 Å². The third kappa shape index (κ3) is 13.3. The number of aryl methyl sites for hydroxylation is 2. The zero-order valence-corrected chi connectivity index (χ0v) is 56.3. The van der Waals surface area contributed by atoms with Crippen molar-refractivity contribution in [1.82, 2.24) is 79.2 Å². The zero-order chi connectivity index (χ0) is 68.3. The molecule has 0 aliphatic carbocycles. The molecule has 3 atom stereocenters. The monoisotopic (exact) mass is 1410 g/mol. The second-order valence-electron chi connectivity index (χ2n) is 23.8. The molecule has 12 aromatic rings. The smallest absolute Gasteiger partial charge is 0.210 e. The van der Waals surface area contributed by atoms with Gasteiger partial charge < -0.3 is 70.5 Å². The van der Waals surface area contributed by atoms with Gasteiger partial charge in [0.05, 0.1) is 90.9 Å². The van der Waals surface area contributed by atoms with Crippen LogP contribution in [0.4, 0.5) is 53.0 Å². The highest BCUT2D eigenvalue weighted by Gasteiger charge is 2.34. The van der Waals surface area contributed by atoms with Crippen molar-refractivity contribution in [2.75, 3.05) is 90.6 Å². The van der Waals surface area contributed by atoms with Gasteiger partial charge in [0, 0.05) is 87.8 Å². The molecule has 0 amide bonds. The number of nitrogens with two attached hydrogens (primary N) is 3. The van der Waals surface area contributed by atoms with Gasteiger partial charge in [0.15, 0.2) is 46.3 Å². The summed E-state index contributed by atoms with van der Waals surface area (Å²) in [4.78, 5) is 58.5. The molecular formula is C66H72Cl2F3N23O6. The number of nitrogen functional groups attached to an aromatic ring is 3. The number of hydrogen-bond donors (Lipinski definition) is 9. The molecule has 0 unspecified atom stereocenters. The summed E-state index contributed by atoms with van der Waals surface area (Å²) in [5.74, 6) is -0.483. The number of aromatic nitrogens is 16. The van der Waals surface area contributed by atoms with Crippen LogP contribution in [0.5, 0.6) is 17.2 Å². The first kappa shape index (κ1) is 69.9. The molecule has 0 saturated heterocycles. The van der Waals surface area contributed by atoms with E-state index in [0.29, 0.717) is 79.2 Å². The summed E-state index contributed by atoms with van der Waals surface area (Å²) >= 11 is 0. The first-order chi connectivity index (χ1) is 47.6. The summed E-state index contributed by atoms with van der Waals surface area (Å²) in [6, 6.07) is 15.6. The van der Waals surface area contributed by atoms with Gasteiger partial charge in [-0.2, -0.15) is 15.4 Å². The Kier molecular flexibility index (Phi) is 21.1. The standard InChI is InChI=1S/C24H27FN8O2.C22H22FN7O2.C20H21FN8O2.2ClH/c1-3-32(15-8-5-4-6-9-15)11-7-10-27-20-18(25)19(26)17-21-23(20)35-13-14(2)33(21)12-16(22(17)34)24-28-30-31-29-24;1-12-10-32-21-18(26-8-4-6-13-5-2-3-7-25-13)16(23)17(24)15-19(21)30(12)9-14(20(15)31)22-27-11-28-29-22;1-11-8-31-19-16(24-3-2-5-28-6-4-23-10-28)14(21)15(22)13-17(19)29(11)7-12(18(13)30)20-25-9-26-27-20;;/h4-6,8-9,12,14,27H,3,7,10-11,13,26H2,1-2H3,(H,28,29,30,31);2-3,5,7,9,11-12,26H,4,6,8,10,24H2,1H3,(H,27,28,29);4,6-7,9-11,24H,2-3,5,8,22H2,1H3,(H,25,26,27);2*1H/t14-;12-;11-;;/m000../s1. The molecule has 3 aliphatic rings. The summed E-state index contributed by atoms with van der Waals surface area (Å²) in [6.07, 6.45) is 17.7. The van der Waals surface area contributed by atoms with Gasteiger partial charge >= 0.3 is 0 Å². The molecule has 522 valence electrons. The molecule has 15 rings (SSSR count). The molecule has 0 saturated carbocycles. The Morgan fingerprint density at radius 2 is 1.09 bits per heavy atom. The largest absolute Gasteiger partial charge is 0.487 e. The highest BCUT2D eigenvalue weighted by molar-refractivity contribution is 6.04. The van der Waals surface area contributed by atoms with E-state index < -0.39 is 33.7 Å². The van der Waals surface area contributed by atoms with Gasteiger partial charge in [-0.1, -0.05) is 24.3 Å². The molecule has 0 bridgehead atoms. The minimum Gasteiger partial charge on any atom is -0.487 e. The van der Waals surface area contributed by atoms with E-state index in [1.165, 1.54) is 12.7 Å². The van der Waals surface area contributed by atoms with Crippen molar-refractivity contribution < 1.29 is 27.4 Å². The molecular weight excluding hydrogens is 1340 g/mol. The van der Waals surface area contributed by atoms with Gasteiger partial charge in [-0.15, -0.1) is 35.0 Å². The summed E-state index contributed by atoms with van der Waals surface area (Å²) in [5.41, 5.74) is 21.3. The van der Waals surface area contributed by atoms with E-state index in [1.54, 1.807) is 37.3 Å². The fraction of sp³-hybridized carbons (Fsp3) is 0.303. The van der Waals surface area contributed by atoms with Gasteiger partial charge in [0.2, 0.25) is 22.1 Å². The zero-order valence-electron chi connectivity index (χ0n) is 54.6. The van der Waals surface area contributed by atoms with Crippen molar-refractivity contribution in [3.8, 4) is 51.4 Å². The minimum absolute atomic E-state index is 0. The fourth-order valence-electron chi connectivity index (χ4n) is 12.5. The maximum atomic E-state index is 15.5. The van der Waals surface area contributed by atoms with Crippen LogP contribution < -0.4 is 68.5 Å². The van der Waals surface area contributed by atoms with Gasteiger partial charge in [0.25, 0.3) is 0 Å². The SMILES string of the molecule is CCN(CCCNc1c(F)c(N)c2c(=O)c(-c3nn[nH]n3)cn3c2c1OC[C@@H]3C)c1ccccc1.C[C@H]1COc2c(NCCCc3ccccn3)c(F)c(N)c3c(=O)c(-c4ncn[nH]4)cn1c23.C[C@H]1COc2c(NCCCn3ccnc3)c(F)c(N)c3c(=O)c(-c4ncn[nH]4)cn1c23.Cl.Cl. The number of ether oxygens (including phenoxy) is 3. The molecule has 100 heavy (non-hydrogen) atoms. The Bertz CT molecular complexity index is 5050. The predicted molar refractivity (Wildman–Crippen MR) is 381 cm³/mol. The van der Waals surface area contributed by atoms with Crippen molar-refractivity contribution in [2.24, 2.45) is 0 Å². The van der Waals surface area contributed by atoms with Crippen molar-refractivity contribution in [1.29, 1.82) is 0 Å². The number of nitrogens with zero attached hydrogens (tertiary/aromatic N) is 14. The summed E-state index contributed by atoms with van der Waals surface area (Å²) in [7, 11) is 0. The molecule has 3 aliphatic heterocycles. The summed E-state index contributed by atoms with van der Waals surface area (Å²) in [6.45, 7) is 12.8. The number of anilines is 7. The molecule has 4 aromatic carbocycles. The highest BCUT2D eigenvalue weighted by atomic mass is 35.5. The number of tetrazole rings is 1. The van der Waals surface area contributed by atoms with Gasteiger partial charge in [-0.05, 0) is 82.9 Å². The Hall–Kier alpha value is -11.4. The van der Waals surface area contributed by atoms with E-state index in [4.69, 9.17) is 31.4 Å². The van der Waals surface area contributed by atoms with Crippen molar-refractivity contribution in [3.63, 3.8) is 0 Å². The van der Waals surface area contributed by atoms with Gasteiger partial charge in [0.1, 0.15) is 49.5 Å². The first-order valence-corrected chi connectivity index (χ1v) is 31.9. The van der Waals surface area contributed by atoms with Crippen molar-refractivity contribution in [2.45, 2.75) is 78.0 Å². The third-order valence-electron chi connectivity index (χ3n) is 17.5. The maximum Gasteiger partial charge on any atom is 0.210 e. The average Bonchev–Trinajstić information content (AvgIpc) is 0.807. The second-order valence-corrected chi connectivity index (χ2v) is 23.8. The molecule has 34 heteroatoms. The second kappa shape index (κ2) is 30.1. The molecule has 12 N–H and O–H groups in total. The Morgan fingerprint density at radius 3 is 1.53 bits per heavy atom. The molecule has 0 spiro atoms. The number of pyridine rings is 4. The lowest BCUT2D eigenvalue weighted by Crippen LogP contribution is -2.27. The van der Waals surface area contributed by atoms with Crippen LogP contribution in [0.1, 0.15) is 70.8 Å². The van der Waals surface area contributed by atoms with E-state index in [1.807, 2.05) is 81.6 Å². The van der Waals surface area contributed by atoms with Crippen LogP contribution in [0.15, 0.2) is 119 Å². The van der Waals surface area contributed by atoms with E-state index in [-0.39, 0.29) is 121 Å². The fourth-order valence-corrected chi connectivity index (χ4v) is 12.5. The molecule has 11 heterocycles. The molecule has 0 fully saturated rings. The van der Waals surface area contributed by atoms with Gasteiger partial charge in [-0.3, -0.25) is 29.6 Å². The van der Waals surface area contributed by atoms with E-state index >= 15 is 13.2 Å². The van der Waals surface area contributed by atoms with Crippen molar-refractivity contribution in [3.05, 3.63) is 159 Å². The van der Waals surface area contributed by atoms with Crippen LogP contribution >= 0.6 is 24.8 Å². The molecule has 0 radical (unpaired) electrons. The number of H-pyrrole nitrogens is 3. The van der Waals surface area contributed by atoms with Crippen LogP contribution in [0.2, 0.25) is 0 Å². The number of halogens is 5. The number of hydrogen-bond acceptors (Lipinski definition) is 22. The summed E-state index contributed by atoms with van der Waals surface area (Å²) < 4.78 is 71.6. The number of benzene rings is 4. The van der Waals surface area contributed by atoms with Crippen LogP contribution in [0.3, 0.4) is 0 Å². The number of nitrogens with one attached hydrogen (secondary N) is 6. The average molecular weight is 1410 g/mol. The van der Waals surface area contributed by atoms with E-state index in [9.17, 15) is 14.4 Å². The number of imidazole rings is 1.